The van der Waals surface area contributed by atoms with Gasteiger partial charge in [-0.15, -0.1) is 0 Å². The van der Waals surface area contributed by atoms with Gasteiger partial charge in [-0.1, -0.05) is 6.07 Å². The molecule has 24 heavy (non-hydrogen) atoms. The normalized spacial score (nSPS) is 11.1. The first-order chi connectivity index (χ1) is 11.6. The maximum Gasteiger partial charge on any atom is 0.213 e. The van der Waals surface area contributed by atoms with E-state index in [1.165, 1.54) is 6.07 Å². The third kappa shape index (κ3) is 1.92. The summed E-state index contributed by atoms with van der Waals surface area (Å²) in [6, 6.07) is 14.8. The van der Waals surface area contributed by atoms with Gasteiger partial charge in [0, 0.05) is 22.9 Å². The van der Waals surface area contributed by atoms with Crippen LogP contribution in [0.2, 0.25) is 0 Å². The lowest BCUT2D eigenvalue weighted by atomic mass is 9.96. The number of nitrogens with zero attached hydrogens (tertiary/aromatic N) is 2. The summed E-state index contributed by atoms with van der Waals surface area (Å²) >= 11 is 0. The average molecular weight is 317 g/mol. The summed E-state index contributed by atoms with van der Waals surface area (Å²) in [7, 11) is 1.94. The van der Waals surface area contributed by atoms with E-state index in [9.17, 15) is 9.65 Å². The van der Waals surface area contributed by atoms with Crippen LogP contribution in [0.25, 0.3) is 33.2 Å². The molecule has 2 aromatic carbocycles. The Balaban J connectivity index is 2.30. The van der Waals surface area contributed by atoms with Crippen molar-refractivity contribution in [2.45, 2.75) is 6.92 Å². The van der Waals surface area contributed by atoms with Crippen LogP contribution < -0.4 is 4.57 Å². The average Bonchev–Trinajstić information content (AvgIpc) is 2.96. The minimum absolute atomic E-state index is 0.192. The summed E-state index contributed by atoms with van der Waals surface area (Å²) in [5.74, 6) is -0.412. The van der Waals surface area contributed by atoms with Gasteiger partial charge in [0.1, 0.15) is 12.6 Å². The lowest BCUT2D eigenvalue weighted by molar-refractivity contribution is -0.660. The second-order valence-electron chi connectivity index (χ2n) is 5.84. The first-order valence-corrected chi connectivity index (χ1v) is 7.61. The number of hydrogen-bond acceptors (Lipinski definition) is 2. The summed E-state index contributed by atoms with van der Waals surface area (Å²) in [4.78, 5) is 0. The standard InChI is InChI=1S/C20H14FN2O/c1-12-10-14(21)20-19(17(12)15-7-3-4-9-23(15)2)18-13(11-22)6-5-8-16(18)24-20/h3-10H,1-2H3/q+1. The molecular weight excluding hydrogens is 303 g/mol. The zero-order valence-corrected chi connectivity index (χ0v) is 13.3. The molecule has 116 valence electrons. The molecule has 4 heteroatoms. The van der Waals surface area contributed by atoms with Gasteiger partial charge >= 0.3 is 0 Å². The van der Waals surface area contributed by atoms with Crippen LogP contribution in [0, 0.1) is 24.1 Å². The van der Waals surface area contributed by atoms with Crippen LogP contribution in [0.3, 0.4) is 0 Å². The molecule has 0 aliphatic carbocycles. The van der Waals surface area contributed by atoms with Gasteiger partial charge in [0.25, 0.3) is 0 Å². The number of pyridine rings is 1. The molecule has 0 aliphatic heterocycles. The highest BCUT2D eigenvalue weighted by Crippen LogP contribution is 2.40. The molecule has 0 atom stereocenters. The fourth-order valence-corrected chi connectivity index (χ4v) is 3.29. The van der Waals surface area contributed by atoms with Crippen molar-refractivity contribution in [2.75, 3.05) is 0 Å². The second-order valence-corrected chi connectivity index (χ2v) is 5.84. The molecule has 2 aromatic heterocycles. The van der Waals surface area contributed by atoms with E-state index in [-0.39, 0.29) is 5.58 Å². The number of benzene rings is 2. The van der Waals surface area contributed by atoms with Crippen LogP contribution in [0.1, 0.15) is 11.1 Å². The first kappa shape index (κ1) is 14.4. The molecule has 0 unspecified atom stereocenters. The summed E-state index contributed by atoms with van der Waals surface area (Å²) in [6.07, 6.45) is 1.94. The van der Waals surface area contributed by atoms with Crippen molar-refractivity contribution >= 4 is 21.9 Å². The van der Waals surface area contributed by atoms with E-state index in [4.69, 9.17) is 4.42 Å². The predicted octanol–water partition coefficient (Wildman–Crippen LogP) is 4.40. The molecule has 0 saturated heterocycles. The predicted molar refractivity (Wildman–Crippen MR) is 89.7 cm³/mol. The summed E-state index contributed by atoms with van der Waals surface area (Å²) in [6.45, 7) is 1.87. The van der Waals surface area contributed by atoms with Crippen LogP contribution in [0.5, 0.6) is 0 Å². The maximum absolute atomic E-state index is 14.5. The van der Waals surface area contributed by atoms with Gasteiger partial charge < -0.3 is 4.42 Å². The van der Waals surface area contributed by atoms with Gasteiger partial charge in [-0.2, -0.15) is 5.26 Å². The second kappa shape index (κ2) is 5.17. The Morgan fingerprint density at radius 1 is 1.12 bits per heavy atom. The lowest BCUT2D eigenvalue weighted by Crippen LogP contribution is -2.30. The first-order valence-electron chi connectivity index (χ1n) is 7.61. The van der Waals surface area contributed by atoms with Crippen molar-refractivity contribution in [2.24, 2.45) is 7.05 Å². The molecule has 0 N–H and O–H groups in total. The molecular formula is C20H14FN2O+. The number of rotatable bonds is 1. The Bertz CT molecular complexity index is 1150. The van der Waals surface area contributed by atoms with E-state index in [0.717, 1.165) is 16.8 Å². The molecule has 0 radical (unpaired) electrons. The zero-order chi connectivity index (χ0) is 16.8. The molecule has 0 bridgehead atoms. The van der Waals surface area contributed by atoms with Gasteiger partial charge in [-0.25, -0.2) is 8.96 Å². The minimum Gasteiger partial charge on any atom is -0.453 e. The Morgan fingerprint density at radius 2 is 1.96 bits per heavy atom. The maximum atomic E-state index is 14.5. The number of hydrogen-bond donors (Lipinski definition) is 0. The fraction of sp³-hybridized carbons (Fsp3) is 0.100. The molecule has 3 nitrogen and oxygen atoms in total. The minimum atomic E-state index is -0.412. The van der Waals surface area contributed by atoms with Crippen molar-refractivity contribution in [1.82, 2.24) is 0 Å². The van der Waals surface area contributed by atoms with E-state index in [1.54, 1.807) is 18.2 Å². The lowest BCUT2D eigenvalue weighted by Gasteiger charge is -2.07. The van der Waals surface area contributed by atoms with Gasteiger partial charge in [-0.05, 0) is 36.8 Å². The summed E-state index contributed by atoms with van der Waals surface area (Å²) in [5.41, 5.74) is 3.82. The van der Waals surface area contributed by atoms with Gasteiger partial charge in [0.05, 0.1) is 17.2 Å². The van der Waals surface area contributed by atoms with Gasteiger partial charge in [-0.3, -0.25) is 0 Å². The number of halogens is 1. The van der Waals surface area contributed by atoms with Gasteiger partial charge in [0.15, 0.2) is 17.6 Å². The van der Waals surface area contributed by atoms with E-state index in [0.29, 0.717) is 21.9 Å². The topological polar surface area (TPSA) is 40.8 Å². The molecule has 2 heterocycles. The van der Waals surface area contributed by atoms with E-state index >= 15 is 0 Å². The SMILES string of the molecule is Cc1cc(F)c2oc3cccc(C#N)c3c2c1-c1cccc[n+]1C. The van der Waals surface area contributed by atoms with Crippen LogP contribution in [-0.2, 0) is 7.05 Å². The highest BCUT2D eigenvalue weighted by atomic mass is 19.1. The summed E-state index contributed by atoms with van der Waals surface area (Å²) < 4.78 is 22.3. The Labute approximate surface area is 138 Å². The van der Waals surface area contributed by atoms with Crippen molar-refractivity contribution in [3.05, 3.63) is 65.6 Å². The zero-order valence-electron chi connectivity index (χ0n) is 13.3. The molecule has 0 saturated carbocycles. The Hall–Kier alpha value is -3.19. The highest BCUT2D eigenvalue weighted by molar-refractivity contribution is 6.14. The van der Waals surface area contributed by atoms with E-state index < -0.39 is 5.82 Å². The third-order valence-corrected chi connectivity index (χ3v) is 4.35. The monoisotopic (exact) mass is 317 g/mol. The molecule has 0 fully saturated rings. The Kier molecular flexibility index (Phi) is 3.10. The van der Waals surface area contributed by atoms with Crippen LogP contribution in [0.4, 0.5) is 4.39 Å². The van der Waals surface area contributed by atoms with Crippen LogP contribution in [-0.4, -0.2) is 0 Å². The third-order valence-electron chi connectivity index (χ3n) is 4.35. The van der Waals surface area contributed by atoms with Crippen LogP contribution in [0.15, 0.2) is 53.1 Å². The van der Waals surface area contributed by atoms with E-state index in [1.807, 2.05) is 42.9 Å². The molecule has 4 rings (SSSR count). The Morgan fingerprint density at radius 3 is 2.71 bits per heavy atom. The summed E-state index contributed by atoms with van der Waals surface area (Å²) in [5, 5.41) is 10.8. The van der Waals surface area contributed by atoms with Crippen molar-refractivity contribution < 1.29 is 13.4 Å². The van der Waals surface area contributed by atoms with Gasteiger partial charge in [0.2, 0.25) is 5.69 Å². The molecule has 0 spiro atoms. The highest BCUT2D eigenvalue weighted by Gasteiger charge is 2.24. The number of aryl methyl sites for hydroxylation is 2. The fourth-order valence-electron chi connectivity index (χ4n) is 3.29. The quantitative estimate of drug-likeness (QED) is 0.488. The van der Waals surface area contributed by atoms with E-state index in [2.05, 4.69) is 6.07 Å². The van der Waals surface area contributed by atoms with Crippen molar-refractivity contribution in [3.8, 4) is 17.3 Å². The smallest absolute Gasteiger partial charge is 0.213 e. The number of nitriles is 1. The molecule has 0 amide bonds. The number of fused-ring (bicyclic) bond motifs is 3. The molecule has 4 aromatic rings. The molecule has 0 aliphatic rings. The largest absolute Gasteiger partial charge is 0.453 e. The van der Waals surface area contributed by atoms with Crippen LogP contribution >= 0.6 is 0 Å². The van der Waals surface area contributed by atoms with Crippen molar-refractivity contribution in [1.29, 1.82) is 5.26 Å². The number of aromatic nitrogens is 1. The number of furan rings is 1. The van der Waals surface area contributed by atoms with Crippen molar-refractivity contribution in [3.63, 3.8) is 0 Å².